The van der Waals surface area contributed by atoms with Gasteiger partial charge < -0.3 is 4.90 Å². The van der Waals surface area contributed by atoms with Crippen molar-refractivity contribution in [2.45, 2.75) is 40.3 Å². The summed E-state index contributed by atoms with van der Waals surface area (Å²) >= 11 is 0. The Balaban J connectivity index is 1.99. The van der Waals surface area contributed by atoms with Gasteiger partial charge >= 0.3 is 6.18 Å². The van der Waals surface area contributed by atoms with Crippen LogP contribution in [-0.2, 0) is 17.4 Å². The first-order chi connectivity index (χ1) is 13.1. The SMILES string of the molecule is CCN(C(=O)Cc1c(C)nc2nc(C(F)(F)F)nn2c1C)c1ccccc1C. The third-order valence-corrected chi connectivity index (χ3v) is 4.65. The van der Waals surface area contributed by atoms with Crippen LogP contribution in [0.1, 0.15) is 35.3 Å². The van der Waals surface area contributed by atoms with E-state index in [0.29, 0.717) is 23.5 Å². The van der Waals surface area contributed by atoms with Crippen molar-refractivity contribution >= 4 is 17.4 Å². The third kappa shape index (κ3) is 3.56. The lowest BCUT2D eigenvalue weighted by molar-refractivity contribution is -0.144. The van der Waals surface area contributed by atoms with E-state index < -0.39 is 12.0 Å². The molecule has 28 heavy (non-hydrogen) atoms. The van der Waals surface area contributed by atoms with Gasteiger partial charge in [-0.25, -0.2) is 9.50 Å². The minimum atomic E-state index is -4.66. The van der Waals surface area contributed by atoms with Gasteiger partial charge in [0.2, 0.25) is 5.91 Å². The monoisotopic (exact) mass is 391 g/mol. The van der Waals surface area contributed by atoms with Crippen LogP contribution in [0.15, 0.2) is 24.3 Å². The minimum Gasteiger partial charge on any atom is -0.312 e. The first kappa shape index (κ1) is 19.8. The second kappa shape index (κ2) is 7.21. The van der Waals surface area contributed by atoms with Crippen molar-refractivity contribution in [2.24, 2.45) is 0 Å². The molecule has 9 heteroatoms. The summed E-state index contributed by atoms with van der Waals surface area (Å²) in [6, 6.07) is 7.54. The fourth-order valence-electron chi connectivity index (χ4n) is 3.18. The van der Waals surface area contributed by atoms with E-state index in [4.69, 9.17) is 0 Å². The van der Waals surface area contributed by atoms with Crippen LogP contribution in [0.25, 0.3) is 5.78 Å². The van der Waals surface area contributed by atoms with Crippen LogP contribution in [-0.4, -0.2) is 32.0 Å². The number of likely N-dealkylation sites (N-methyl/N-ethyl adjacent to an activating group) is 1. The fourth-order valence-corrected chi connectivity index (χ4v) is 3.18. The zero-order valence-corrected chi connectivity index (χ0v) is 16.0. The summed E-state index contributed by atoms with van der Waals surface area (Å²) in [6.07, 6.45) is -4.65. The number of aromatic nitrogens is 4. The van der Waals surface area contributed by atoms with Crippen molar-refractivity contribution < 1.29 is 18.0 Å². The molecule has 0 bridgehead atoms. The number of benzene rings is 1. The second-order valence-corrected chi connectivity index (χ2v) is 6.51. The molecule has 0 N–H and O–H groups in total. The fraction of sp³-hybridized carbons (Fsp3) is 0.368. The summed E-state index contributed by atoms with van der Waals surface area (Å²) in [7, 11) is 0. The molecule has 0 fully saturated rings. The van der Waals surface area contributed by atoms with Crippen molar-refractivity contribution in [1.82, 2.24) is 19.6 Å². The van der Waals surface area contributed by atoms with E-state index in [1.165, 1.54) is 0 Å². The van der Waals surface area contributed by atoms with Crippen molar-refractivity contribution in [2.75, 3.05) is 11.4 Å². The number of hydrogen-bond donors (Lipinski definition) is 0. The highest BCUT2D eigenvalue weighted by molar-refractivity contribution is 5.95. The van der Waals surface area contributed by atoms with Crippen molar-refractivity contribution in [1.29, 1.82) is 0 Å². The quantitative estimate of drug-likeness (QED) is 0.681. The predicted octanol–water partition coefficient (Wildman–Crippen LogP) is 3.66. The Morgan fingerprint density at radius 1 is 1.14 bits per heavy atom. The molecule has 0 radical (unpaired) electrons. The van der Waals surface area contributed by atoms with E-state index in [1.54, 1.807) is 18.7 Å². The number of alkyl halides is 3. The summed E-state index contributed by atoms with van der Waals surface area (Å²) < 4.78 is 39.8. The molecule has 0 spiro atoms. The largest absolute Gasteiger partial charge is 0.453 e. The molecular weight excluding hydrogens is 371 g/mol. The summed E-state index contributed by atoms with van der Waals surface area (Å²) in [6.45, 7) is 7.53. The van der Waals surface area contributed by atoms with Crippen molar-refractivity contribution in [3.05, 3.63) is 52.6 Å². The van der Waals surface area contributed by atoms with Crippen LogP contribution in [0, 0.1) is 20.8 Å². The third-order valence-electron chi connectivity index (χ3n) is 4.65. The maximum Gasteiger partial charge on any atom is 0.453 e. The molecule has 2 aromatic heterocycles. The van der Waals surface area contributed by atoms with Crippen molar-refractivity contribution in [3.63, 3.8) is 0 Å². The van der Waals surface area contributed by atoms with Crippen LogP contribution in [0.4, 0.5) is 18.9 Å². The molecule has 1 aromatic carbocycles. The number of rotatable bonds is 4. The molecule has 0 atom stereocenters. The van der Waals surface area contributed by atoms with Crippen LogP contribution in [0.3, 0.4) is 0 Å². The topological polar surface area (TPSA) is 63.4 Å². The average molecular weight is 391 g/mol. The maximum atomic E-state index is 13.0. The number of halogens is 3. The van der Waals surface area contributed by atoms with E-state index in [2.05, 4.69) is 15.1 Å². The van der Waals surface area contributed by atoms with Gasteiger partial charge in [-0.15, -0.1) is 5.10 Å². The smallest absolute Gasteiger partial charge is 0.312 e. The first-order valence-corrected chi connectivity index (χ1v) is 8.79. The Labute approximate surface area is 160 Å². The normalized spacial score (nSPS) is 11.8. The molecular formula is C19H20F3N5O. The van der Waals surface area contributed by atoms with Gasteiger partial charge in [0.1, 0.15) is 0 Å². The lowest BCUT2D eigenvalue weighted by Gasteiger charge is -2.23. The zero-order chi connectivity index (χ0) is 20.6. The summed E-state index contributed by atoms with van der Waals surface area (Å²) in [5, 5.41) is 3.52. The van der Waals surface area contributed by atoms with Gasteiger partial charge in [-0.2, -0.15) is 18.2 Å². The van der Waals surface area contributed by atoms with Gasteiger partial charge in [-0.05, 0) is 39.3 Å². The number of anilines is 1. The molecule has 2 heterocycles. The number of fused-ring (bicyclic) bond motifs is 1. The van der Waals surface area contributed by atoms with Gasteiger partial charge in [0, 0.05) is 29.2 Å². The molecule has 0 aliphatic carbocycles. The highest BCUT2D eigenvalue weighted by Gasteiger charge is 2.37. The molecule has 0 unspecified atom stereocenters. The molecule has 6 nitrogen and oxygen atoms in total. The predicted molar refractivity (Wildman–Crippen MR) is 98.2 cm³/mol. The number of amides is 1. The van der Waals surface area contributed by atoms with E-state index in [-0.39, 0.29) is 18.1 Å². The zero-order valence-electron chi connectivity index (χ0n) is 16.0. The molecule has 3 aromatic rings. The number of para-hydroxylation sites is 1. The van der Waals surface area contributed by atoms with Crippen LogP contribution in [0.5, 0.6) is 0 Å². The van der Waals surface area contributed by atoms with Crippen LogP contribution >= 0.6 is 0 Å². The molecule has 0 aliphatic rings. The number of nitrogens with zero attached hydrogens (tertiary/aromatic N) is 5. The van der Waals surface area contributed by atoms with Gasteiger partial charge in [0.05, 0.1) is 6.42 Å². The Kier molecular flexibility index (Phi) is 5.10. The lowest BCUT2D eigenvalue weighted by Crippen LogP contribution is -2.33. The van der Waals surface area contributed by atoms with E-state index in [1.807, 2.05) is 38.1 Å². The molecule has 0 saturated carbocycles. The number of hydrogen-bond acceptors (Lipinski definition) is 4. The Morgan fingerprint density at radius 2 is 1.82 bits per heavy atom. The standard InChI is InChI=1S/C19H20F3N5O/c1-5-26(15-9-7-6-8-11(15)2)16(28)10-14-12(3)23-18-24-17(19(20,21)22)25-27(18)13(14)4/h6-9H,5,10H2,1-4H3. The van der Waals surface area contributed by atoms with E-state index in [9.17, 15) is 18.0 Å². The average Bonchev–Trinajstić information content (AvgIpc) is 3.05. The molecule has 148 valence electrons. The minimum absolute atomic E-state index is 0.00396. The van der Waals surface area contributed by atoms with Crippen LogP contribution < -0.4 is 4.90 Å². The highest BCUT2D eigenvalue weighted by Crippen LogP contribution is 2.27. The van der Waals surface area contributed by atoms with Crippen LogP contribution in [0.2, 0.25) is 0 Å². The highest BCUT2D eigenvalue weighted by atomic mass is 19.4. The number of carbonyl (C=O) groups is 1. The first-order valence-electron chi connectivity index (χ1n) is 8.79. The summed E-state index contributed by atoms with van der Waals surface area (Å²) in [5.41, 5.74) is 3.19. The Hall–Kier alpha value is -2.97. The summed E-state index contributed by atoms with van der Waals surface area (Å²) in [5.74, 6) is -1.55. The summed E-state index contributed by atoms with van der Waals surface area (Å²) in [4.78, 5) is 22.2. The number of aryl methyl sites for hydroxylation is 3. The van der Waals surface area contributed by atoms with Gasteiger partial charge in [-0.3, -0.25) is 4.79 Å². The number of carbonyl (C=O) groups excluding carboxylic acids is 1. The Morgan fingerprint density at radius 3 is 2.43 bits per heavy atom. The maximum absolute atomic E-state index is 13.0. The lowest BCUT2D eigenvalue weighted by atomic mass is 10.1. The molecule has 1 amide bonds. The van der Waals surface area contributed by atoms with E-state index >= 15 is 0 Å². The second-order valence-electron chi connectivity index (χ2n) is 6.51. The van der Waals surface area contributed by atoms with Gasteiger partial charge in [-0.1, -0.05) is 18.2 Å². The van der Waals surface area contributed by atoms with E-state index in [0.717, 1.165) is 15.8 Å². The molecule has 3 rings (SSSR count). The Bertz CT molecular complexity index is 1040. The van der Waals surface area contributed by atoms with Crippen molar-refractivity contribution in [3.8, 4) is 0 Å². The van der Waals surface area contributed by atoms with Gasteiger partial charge in [0.25, 0.3) is 11.6 Å². The molecule has 0 saturated heterocycles. The van der Waals surface area contributed by atoms with Gasteiger partial charge in [0.15, 0.2) is 0 Å². The molecule has 0 aliphatic heterocycles.